The number of nitrogens with one attached hydrogen (secondary N) is 2. The van der Waals surface area contributed by atoms with E-state index in [0.717, 1.165) is 6.42 Å². The van der Waals surface area contributed by atoms with Crippen molar-refractivity contribution >= 4 is 11.9 Å². The Bertz CT molecular complexity index is 350. The fourth-order valence-electron chi connectivity index (χ4n) is 3.01. The van der Waals surface area contributed by atoms with Gasteiger partial charge in [-0.2, -0.15) is 0 Å². The van der Waals surface area contributed by atoms with Crippen molar-refractivity contribution in [3.63, 3.8) is 0 Å². The Morgan fingerprint density at radius 3 is 2.16 bits per heavy atom. The van der Waals surface area contributed by atoms with Crippen molar-refractivity contribution in [1.82, 2.24) is 5.32 Å². The minimum atomic E-state index is -0.751. The quantitative estimate of drug-likeness (QED) is 0.532. The van der Waals surface area contributed by atoms with E-state index in [1.54, 1.807) is 0 Å². The second-order valence-corrected chi connectivity index (χ2v) is 6.98. The molecule has 2 atom stereocenters. The lowest BCUT2D eigenvalue weighted by atomic mass is 9.71. The van der Waals surface area contributed by atoms with Crippen LogP contribution in [0.2, 0.25) is 0 Å². The number of carbonyl (C=O) groups excluding carboxylic acids is 1. The number of ether oxygens (including phenoxy) is 1. The summed E-state index contributed by atoms with van der Waals surface area (Å²) in [5, 5.41) is 10.7. The van der Waals surface area contributed by atoms with Crippen LogP contribution in [0.25, 0.3) is 0 Å². The van der Waals surface area contributed by atoms with Crippen molar-refractivity contribution in [1.29, 1.82) is 5.41 Å². The van der Waals surface area contributed by atoms with E-state index in [0.29, 0.717) is 24.7 Å². The minimum absolute atomic E-state index is 0.0248. The number of hydrogen-bond acceptors (Lipinski definition) is 3. The van der Waals surface area contributed by atoms with E-state index in [1.165, 1.54) is 0 Å². The van der Waals surface area contributed by atoms with Crippen LogP contribution in [-0.2, 0) is 4.74 Å². The molecule has 0 radical (unpaired) electrons. The van der Waals surface area contributed by atoms with Crippen molar-refractivity contribution in [2.24, 2.45) is 17.6 Å². The first-order valence-corrected chi connectivity index (χ1v) is 6.90. The van der Waals surface area contributed by atoms with Gasteiger partial charge in [-0.05, 0) is 51.9 Å². The number of nitrogens with two attached hydrogens (primary N) is 1. The molecule has 0 aliphatic heterocycles. The Hall–Kier alpha value is -1.26. The highest BCUT2D eigenvalue weighted by Gasteiger charge is 2.42. The SMILES string of the molecule is CC1CC(C)CC(NC(=O)OC(C)(C)C)(C(=N)N)C1. The molecular weight excluding hydrogens is 242 g/mol. The minimum Gasteiger partial charge on any atom is -0.444 e. The zero-order valence-electron chi connectivity index (χ0n) is 12.7. The highest BCUT2D eigenvalue weighted by atomic mass is 16.6. The van der Waals surface area contributed by atoms with Crippen molar-refractivity contribution in [2.45, 2.75) is 65.0 Å². The van der Waals surface area contributed by atoms with Crippen LogP contribution in [0.15, 0.2) is 0 Å². The molecule has 1 aliphatic carbocycles. The van der Waals surface area contributed by atoms with Gasteiger partial charge in [-0.25, -0.2) is 4.79 Å². The first-order chi connectivity index (χ1) is 8.54. The van der Waals surface area contributed by atoms with Gasteiger partial charge >= 0.3 is 6.09 Å². The number of rotatable bonds is 2. The molecule has 0 spiro atoms. The lowest BCUT2D eigenvalue weighted by molar-refractivity contribution is 0.0440. The maximum absolute atomic E-state index is 12.0. The lowest BCUT2D eigenvalue weighted by Crippen LogP contribution is -2.61. The van der Waals surface area contributed by atoms with E-state index < -0.39 is 17.2 Å². The summed E-state index contributed by atoms with van der Waals surface area (Å²) < 4.78 is 5.28. The molecule has 5 nitrogen and oxygen atoms in total. The second-order valence-electron chi connectivity index (χ2n) is 6.98. The van der Waals surface area contributed by atoms with Crippen molar-refractivity contribution < 1.29 is 9.53 Å². The smallest absolute Gasteiger partial charge is 0.408 e. The Balaban J connectivity index is 2.83. The van der Waals surface area contributed by atoms with Gasteiger partial charge in [-0.15, -0.1) is 0 Å². The molecule has 2 unspecified atom stereocenters. The number of amides is 1. The summed E-state index contributed by atoms with van der Waals surface area (Å²) in [5.41, 5.74) is 4.45. The lowest BCUT2D eigenvalue weighted by Gasteiger charge is -2.42. The number of amidine groups is 1. The molecule has 4 N–H and O–H groups in total. The van der Waals surface area contributed by atoms with Crippen LogP contribution >= 0.6 is 0 Å². The number of alkyl carbamates (subject to hydrolysis) is 1. The second kappa shape index (κ2) is 5.39. The van der Waals surface area contributed by atoms with Gasteiger partial charge in [0.25, 0.3) is 0 Å². The predicted molar refractivity (Wildman–Crippen MR) is 76.2 cm³/mol. The number of hydrogen-bond donors (Lipinski definition) is 3. The molecule has 5 heteroatoms. The molecule has 19 heavy (non-hydrogen) atoms. The molecule has 1 aliphatic rings. The molecule has 1 amide bonds. The fourth-order valence-corrected chi connectivity index (χ4v) is 3.01. The van der Waals surface area contributed by atoms with Gasteiger partial charge in [0.2, 0.25) is 0 Å². The van der Waals surface area contributed by atoms with E-state index in [1.807, 2.05) is 20.8 Å². The molecule has 0 aromatic carbocycles. The molecule has 0 heterocycles. The molecule has 0 saturated heterocycles. The van der Waals surface area contributed by atoms with E-state index in [-0.39, 0.29) is 5.84 Å². The third-order valence-electron chi connectivity index (χ3n) is 3.45. The predicted octanol–water partition coefficient (Wildman–Crippen LogP) is 2.64. The van der Waals surface area contributed by atoms with E-state index >= 15 is 0 Å². The third-order valence-corrected chi connectivity index (χ3v) is 3.45. The molecule has 110 valence electrons. The highest BCUT2D eigenvalue weighted by Crippen LogP contribution is 2.36. The van der Waals surface area contributed by atoms with Gasteiger partial charge in [-0.1, -0.05) is 13.8 Å². The summed E-state index contributed by atoms with van der Waals surface area (Å²) in [6.07, 6.45) is 2.01. The van der Waals surface area contributed by atoms with Gasteiger partial charge in [0.15, 0.2) is 0 Å². The van der Waals surface area contributed by atoms with Crippen LogP contribution in [0.1, 0.15) is 53.9 Å². The average Bonchev–Trinajstić information content (AvgIpc) is 2.11. The van der Waals surface area contributed by atoms with Gasteiger partial charge in [0, 0.05) is 0 Å². The summed E-state index contributed by atoms with van der Waals surface area (Å²) in [4.78, 5) is 12.0. The van der Waals surface area contributed by atoms with E-state index in [4.69, 9.17) is 15.9 Å². The summed E-state index contributed by atoms with van der Waals surface area (Å²) in [6, 6.07) is 0. The summed E-state index contributed by atoms with van der Waals surface area (Å²) in [5.74, 6) is 0.891. The molecule has 0 bridgehead atoms. The largest absolute Gasteiger partial charge is 0.444 e. The van der Waals surface area contributed by atoms with Crippen molar-refractivity contribution in [3.05, 3.63) is 0 Å². The first kappa shape index (κ1) is 15.8. The van der Waals surface area contributed by atoms with Crippen LogP contribution in [0, 0.1) is 17.2 Å². The molecule has 0 aromatic heterocycles. The summed E-state index contributed by atoms with van der Waals surface area (Å²) in [7, 11) is 0. The average molecular weight is 269 g/mol. The van der Waals surface area contributed by atoms with Crippen LogP contribution in [0.4, 0.5) is 4.79 Å². The van der Waals surface area contributed by atoms with Gasteiger partial charge in [0.1, 0.15) is 17.0 Å². The molecule has 1 fully saturated rings. The standard InChI is InChI=1S/C14H27N3O2/c1-9-6-10(2)8-14(7-9,11(15)16)17-12(18)19-13(3,4)5/h9-10H,6-8H2,1-5H3,(H3,15,16)(H,17,18). The monoisotopic (exact) mass is 269 g/mol. The fraction of sp³-hybridized carbons (Fsp3) is 0.857. The topological polar surface area (TPSA) is 88.2 Å². The highest BCUT2D eigenvalue weighted by molar-refractivity contribution is 5.91. The number of carbonyl (C=O) groups is 1. The Morgan fingerprint density at radius 2 is 1.79 bits per heavy atom. The summed E-state index contributed by atoms with van der Waals surface area (Å²) >= 11 is 0. The Morgan fingerprint density at radius 1 is 1.32 bits per heavy atom. The van der Waals surface area contributed by atoms with Crippen molar-refractivity contribution in [3.8, 4) is 0 Å². The van der Waals surface area contributed by atoms with Crippen LogP contribution in [-0.4, -0.2) is 23.1 Å². The molecule has 1 saturated carbocycles. The van der Waals surface area contributed by atoms with E-state index in [9.17, 15) is 4.79 Å². The van der Waals surface area contributed by atoms with Crippen LogP contribution in [0.3, 0.4) is 0 Å². The van der Waals surface area contributed by atoms with Gasteiger partial charge in [-0.3, -0.25) is 5.41 Å². The van der Waals surface area contributed by atoms with Crippen LogP contribution < -0.4 is 11.1 Å². The molecule has 1 rings (SSSR count). The molecular formula is C14H27N3O2. The molecule has 0 aromatic rings. The maximum Gasteiger partial charge on any atom is 0.408 e. The third kappa shape index (κ3) is 4.40. The Kier molecular flexibility index (Phi) is 4.48. The maximum atomic E-state index is 12.0. The zero-order valence-corrected chi connectivity index (χ0v) is 12.7. The van der Waals surface area contributed by atoms with Gasteiger partial charge < -0.3 is 15.8 Å². The van der Waals surface area contributed by atoms with Crippen molar-refractivity contribution in [2.75, 3.05) is 0 Å². The van der Waals surface area contributed by atoms with Gasteiger partial charge in [0.05, 0.1) is 0 Å². The summed E-state index contributed by atoms with van der Waals surface area (Å²) in [6.45, 7) is 9.71. The zero-order chi connectivity index (χ0) is 14.8. The first-order valence-electron chi connectivity index (χ1n) is 6.90. The van der Waals surface area contributed by atoms with Crippen LogP contribution in [0.5, 0.6) is 0 Å². The normalized spacial score (nSPS) is 31.6. The Labute approximate surface area is 115 Å². The van der Waals surface area contributed by atoms with E-state index in [2.05, 4.69) is 19.2 Å².